The van der Waals surface area contributed by atoms with Crippen LogP contribution in [-0.2, 0) is 6.61 Å². The summed E-state index contributed by atoms with van der Waals surface area (Å²) in [4.78, 5) is 11.4. The average Bonchev–Trinajstić information content (AvgIpc) is 2.96. The van der Waals surface area contributed by atoms with Gasteiger partial charge in [0, 0.05) is 15.6 Å². The normalized spacial score (nSPS) is 10.6. The molecule has 3 aromatic rings. The van der Waals surface area contributed by atoms with Gasteiger partial charge in [-0.25, -0.2) is 4.79 Å². The molecule has 1 N–H and O–H groups in total. The molecule has 0 aliphatic carbocycles. The van der Waals surface area contributed by atoms with Crippen LogP contribution in [0.1, 0.15) is 15.9 Å². The van der Waals surface area contributed by atoms with Crippen LogP contribution in [0.2, 0.25) is 0 Å². The molecular weight excluding hydrogens is 300 g/mol. The molecule has 1 aromatic heterocycles. The Balaban J connectivity index is 1.93. The highest BCUT2D eigenvalue weighted by Gasteiger charge is 2.14. The van der Waals surface area contributed by atoms with Gasteiger partial charge in [-0.05, 0) is 29.6 Å². The summed E-state index contributed by atoms with van der Waals surface area (Å²) >= 11 is 1.52. The zero-order valence-corrected chi connectivity index (χ0v) is 12.7. The van der Waals surface area contributed by atoms with Crippen molar-refractivity contribution < 1.29 is 19.4 Å². The van der Waals surface area contributed by atoms with Gasteiger partial charge in [-0.3, -0.25) is 0 Å². The molecule has 5 heteroatoms. The number of rotatable bonds is 5. The molecule has 4 nitrogen and oxygen atoms in total. The molecular formula is C17H14O4S. The minimum absolute atomic E-state index is 0.296. The number of hydrogen-bond acceptors (Lipinski definition) is 4. The first-order chi connectivity index (χ1) is 10.7. The molecule has 0 fully saturated rings. The number of aromatic carboxylic acids is 1. The third kappa shape index (κ3) is 2.63. The van der Waals surface area contributed by atoms with Crippen molar-refractivity contribution in [1.82, 2.24) is 0 Å². The van der Waals surface area contributed by atoms with Gasteiger partial charge in [-0.2, -0.15) is 0 Å². The van der Waals surface area contributed by atoms with E-state index in [4.69, 9.17) is 9.47 Å². The van der Waals surface area contributed by atoms with E-state index in [2.05, 4.69) is 0 Å². The first kappa shape index (κ1) is 14.4. The lowest BCUT2D eigenvalue weighted by Gasteiger charge is -2.10. The first-order valence-electron chi connectivity index (χ1n) is 6.69. The molecule has 0 amide bonds. The molecule has 2 aromatic carbocycles. The van der Waals surface area contributed by atoms with E-state index >= 15 is 0 Å². The molecule has 0 saturated heterocycles. The molecule has 0 aliphatic rings. The van der Waals surface area contributed by atoms with E-state index in [1.165, 1.54) is 11.3 Å². The number of thiophene rings is 1. The van der Waals surface area contributed by atoms with Crippen LogP contribution < -0.4 is 9.47 Å². The quantitative estimate of drug-likeness (QED) is 0.767. The highest BCUT2D eigenvalue weighted by molar-refractivity contribution is 7.17. The van der Waals surface area contributed by atoms with E-state index in [0.29, 0.717) is 23.7 Å². The number of hydrogen-bond donors (Lipinski definition) is 1. The Bertz CT molecular complexity index is 822. The van der Waals surface area contributed by atoms with Crippen molar-refractivity contribution in [2.45, 2.75) is 6.61 Å². The Morgan fingerprint density at radius 3 is 2.64 bits per heavy atom. The van der Waals surface area contributed by atoms with E-state index in [1.807, 2.05) is 35.7 Å². The molecule has 3 rings (SSSR count). The average molecular weight is 314 g/mol. The van der Waals surface area contributed by atoms with Gasteiger partial charge >= 0.3 is 5.97 Å². The highest BCUT2D eigenvalue weighted by atomic mass is 32.1. The van der Waals surface area contributed by atoms with E-state index in [0.717, 1.165) is 15.6 Å². The topological polar surface area (TPSA) is 55.8 Å². The number of benzene rings is 2. The number of carboxylic acids is 1. The van der Waals surface area contributed by atoms with Crippen LogP contribution in [0.4, 0.5) is 0 Å². The second kappa shape index (κ2) is 6.07. The van der Waals surface area contributed by atoms with Crippen molar-refractivity contribution in [2.24, 2.45) is 0 Å². The van der Waals surface area contributed by atoms with Crippen LogP contribution in [0.25, 0.3) is 10.1 Å². The van der Waals surface area contributed by atoms with Crippen LogP contribution in [0, 0.1) is 0 Å². The third-order valence-corrected chi connectivity index (χ3v) is 4.35. The maximum Gasteiger partial charge on any atom is 0.336 e. The molecule has 0 bridgehead atoms. The Kier molecular flexibility index (Phi) is 3.98. The molecule has 112 valence electrons. The van der Waals surface area contributed by atoms with Crippen LogP contribution in [0.3, 0.4) is 0 Å². The maximum atomic E-state index is 11.4. The fourth-order valence-electron chi connectivity index (χ4n) is 2.33. The van der Waals surface area contributed by atoms with Crippen molar-refractivity contribution in [3.63, 3.8) is 0 Å². The van der Waals surface area contributed by atoms with E-state index in [9.17, 15) is 9.90 Å². The number of fused-ring (bicyclic) bond motifs is 1. The van der Waals surface area contributed by atoms with Crippen LogP contribution in [0.15, 0.2) is 47.8 Å². The van der Waals surface area contributed by atoms with E-state index in [-0.39, 0.29) is 0 Å². The Morgan fingerprint density at radius 2 is 1.91 bits per heavy atom. The smallest absolute Gasteiger partial charge is 0.336 e. The molecule has 0 spiro atoms. The zero-order valence-electron chi connectivity index (χ0n) is 11.9. The monoisotopic (exact) mass is 314 g/mol. The van der Waals surface area contributed by atoms with Gasteiger partial charge in [0.25, 0.3) is 0 Å². The second-order valence-electron chi connectivity index (χ2n) is 4.68. The summed E-state index contributed by atoms with van der Waals surface area (Å²) in [6, 6.07) is 12.7. The zero-order chi connectivity index (χ0) is 15.5. The number of methoxy groups -OCH3 is 1. The van der Waals surface area contributed by atoms with Gasteiger partial charge in [0.05, 0.1) is 12.7 Å². The lowest BCUT2D eigenvalue weighted by atomic mass is 10.1. The summed E-state index contributed by atoms with van der Waals surface area (Å²) in [5.41, 5.74) is 1.17. The van der Waals surface area contributed by atoms with Gasteiger partial charge in [0.15, 0.2) is 11.5 Å². The lowest BCUT2D eigenvalue weighted by molar-refractivity contribution is 0.0699. The predicted octanol–water partition coefficient (Wildman–Crippen LogP) is 4.19. The second-order valence-corrected chi connectivity index (χ2v) is 5.60. The van der Waals surface area contributed by atoms with Crippen LogP contribution in [0.5, 0.6) is 11.5 Å². The number of ether oxygens (including phenoxy) is 2. The minimum Gasteiger partial charge on any atom is -0.493 e. The Morgan fingerprint density at radius 1 is 1.14 bits per heavy atom. The molecule has 0 atom stereocenters. The Labute approximate surface area is 131 Å². The fraction of sp³-hybridized carbons (Fsp3) is 0.118. The molecule has 22 heavy (non-hydrogen) atoms. The Hall–Kier alpha value is -2.53. The van der Waals surface area contributed by atoms with Crippen molar-refractivity contribution >= 4 is 27.4 Å². The fourth-order valence-corrected chi connectivity index (χ4v) is 3.30. The van der Waals surface area contributed by atoms with E-state index < -0.39 is 5.97 Å². The number of carboxylic acid groups (broad SMARTS) is 1. The number of carbonyl (C=O) groups is 1. The summed E-state index contributed by atoms with van der Waals surface area (Å²) in [5, 5.41) is 12.0. The highest BCUT2D eigenvalue weighted by Crippen LogP contribution is 2.32. The summed E-state index contributed by atoms with van der Waals surface area (Å²) < 4.78 is 12.0. The standard InChI is InChI=1S/C17H14O4S/c1-20-13-6-2-3-7-14(13)21-9-11-10-22-15-8-4-5-12(16(11)15)17(18)19/h2-8,10H,9H2,1H3,(H,18,19). The summed E-state index contributed by atoms with van der Waals surface area (Å²) in [5.74, 6) is 0.361. The summed E-state index contributed by atoms with van der Waals surface area (Å²) in [6.07, 6.45) is 0. The van der Waals surface area contributed by atoms with E-state index in [1.54, 1.807) is 19.2 Å². The van der Waals surface area contributed by atoms with Crippen molar-refractivity contribution in [2.75, 3.05) is 7.11 Å². The molecule has 1 heterocycles. The summed E-state index contributed by atoms with van der Waals surface area (Å²) in [7, 11) is 1.59. The summed E-state index contributed by atoms with van der Waals surface area (Å²) in [6.45, 7) is 0.296. The third-order valence-electron chi connectivity index (χ3n) is 3.36. The molecule has 0 unspecified atom stereocenters. The number of para-hydroxylation sites is 2. The SMILES string of the molecule is COc1ccccc1OCc1csc2cccc(C(=O)O)c12. The van der Waals surface area contributed by atoms with Crippen LogP contribution in [-0.4, -0.2) is 18.2 Å². The molecule has 0 saturated carbocycles. The van der Waals surface area contributed by atoms with Gasteiger partial charge in [0.1, 0.15) is 6.61 Å². The van der Waals surface area contributed by atoms with Gasteiger partial charge < -0.3 is 14.6 Å². The lowest BCUT2D eigenvalue weighted by Crippen LogP contribution is -2.01. The van der Waals surface area contributed by atoms with Crippen molar-refractivity contribution in [3.05, 3.63) is 59.0 Å². The van der Waals surface area contributed by atoms with Crippen molar-refractivity contribution in [3.8, 4) is 11.5 Å². The maximum absolute atomic E-state index is 11.4. The predicted molar refractivity (Wildman–Crippen MR) is 86.1 cm³/mol. The van der Waals surface area contributed by atoms with Gasteiger partial charge in [0.2, 0.25) is 0 Å². The first-order valence-corrected chi connectivity index (χ1v) is 7.57. The molecule has 0 aliphatic heterocycles. The van der Waals surface area contributed by atoms with Crippen molar-refractivity contribution in [1.29, 1.82) is 0 Å². The largest absolute Gasteiger partial charge is 0.493 e. The minimum atomic E-state index is -0.928. The molecule has 0 radical (unpaired) electrons. The van der Waals surface area contributed by atoms with Crippen LogP contribution >= 0.6 is 11.3 Å². The van der Waals surface area contributed by atoms with Gasteiger partial charge in [-0.1, -0.05) is 18.2 Å². The van der Waals surface area contributed by atoms with Gasteiger partial charge in [-0.15, -0.1) is 11.3 Å².